The number of nitrogens with one attached hydrogen (secondary N) is 3. The zero-order valence-corrected chi connectivity index (χ0v) is 20.5. The summed E-state index contributed by atoms with van der Waals surface area (Å²) in [5.41, 5.74) is 12.0. The zero-order chi connectivity index (χ0) is 25.3. The molecule has 0 bridgehead atoms. The minimum absolute atomic E-state index is 0.0165. The molecule has 190 valence electrons. The number of rotatable bonds is 4. The number of carbonyl (C=O) groups is 1. The number of ether oxygens (including phenoxy) is 1. The van der Waals surface area contributed by atoms with Crippen LogP contribution in [0.2, 0.25) is 0 Å². The van der Waals surface area contributed by atoms with Crippen molar-refractivity contribution in [2.75, 3.05) is 33.8 Å². The number of hydrogen-bond donors (Lipinski definition) is 7. The lowest BCUT2D eigenvalue weighted by Gasteiger charge is -2.46. The van der Waals surface area contributed by atoms with Gasteiger partial charge in [0, 0.05) is 12.1 Å². The number of aliphatic hydroxyl groups is 2. The summed E-state index contributed by atoms with van der Waals surface area (Å²) in [6.45, 7) is 5.24. The lowest BCUT2D eigenvalue weighted by molar-refractivity contribution is -0.521. The summed E-state index contributed by atoms with van der Waals surface area (Å²) in [7, 11) is 3.79. The van der Waals surface area contributed by atoms with E-state index in [0.29, 0.717) is 24.5 Å². The lowest BCUT2D eigenvalue weighted by Crippen LogP contribution is -2.90. The fourth-order valence-corrected chi connectivity index (χ4v) is 5.88. The van der Waals surface area contributed by atoms with E-state index in [-0.39, 0.29) is 23.9 Å². The minimum Gasteiger partial charge on any atom is -0.492 e. The third-order valence-corrected chi connectivity index (χ3v) is 7.70. The quantitative estimate of drug-likeness (QED) is 0.210. The summed E-state index contributed by atoms with van der Waals surface area (Å²) in [5, 5.41) is 29.0. The molecule has 35 heavy (non-hydrogen) atoms. The van der Waals surface area contributed by atoms with E-state index in [2.05, 4.69) is 34.5 Å². The van der Waals surface area contributed by atoms with Gasteiger partial charge in [0.05, 0.1) is 18.7 Å². The summed E-state index contributed by atoms with van der Waals surface area (Å²) in [6.07, 6.45) is 0.840. The molecule has 4 heterocycles. The first-order chi connectivity index (χ1) is 16.4. The average molecular weight is 488 g/mol. The maximum Gasteiger partial charge on any atom is 0.343 e. The molecule has 9 N–H and O–H groups in total. The fourth-order valence-electron chi connectivity index (χ4n) is 5.88. The van der Waals surface area contributed by atoms with E-state index in [9.17, 15) is 15.0 Å². The predicted molar refractivity (Wildman–Crippen MR) is 128 cm³/mol. The van der Waals surface area contributed by atoms with Crippen molar-refractivity contribution < 1.29 is 24.7 Å². The van der Waals surface area contributed by atoms with Gasteiger partial charge in [0.1, 0.15) is 17.8 Å². The number of fused-ring (bicyclic) bond motifs is 1. The van der Waals surface area contributed by atoms with Crippen LogP contribution in [0.3, 0.4) is 0 Å². The van der Waals surface area contributed by atoms with Crippen LogP contribution in [0.15, 0.2) is 23.2 Å². The summed E-state index contributed by atoms with van der Waals surface area (Å²) in [5.74, 6) is -2.06. The Bertz CT molecular complexity index is 1120. The van der Waals surface area contributed by atoms with Crippen molar-refractivity contribution in [1.82, 2.24) is 20.4 Å². The van der Waals surface area contributed by atoms with Crippen molar-refractivity contribution in [3.63, 3.8) is 0 Å². The van der Waals surface area contributed by atoms with Crippen LogP contribution in [0, 0.1) is 0 Å². The van der Waals surface area contributed by atoms with E-state index in [1.54, 1.807) is 11.0 Å². The standard InChI is InChI=1S/C23H34N8O4/c1-21(2)8-9-35-16-12(6-5-7-13(16)21)18(32)27-15-11-31-20(25)26-14(10-30(3)4)17-22(31,23(15,33)34)29-19(24)28-17/h5-7,14-15,17,33-34H,8-11H2,1-4H3,(H2,25,26)(H,27,32)(H3,24,28,29)/p+1/t14-,15-,17-,22-/m0/s1. The van der Waals surface area contributed by atoms with Crippen LogP contribution in [0.4, 0.5) is 0 Å². The van der Waals surface area contributed by atoms with E-state index in [4.69, 9.17) is 16.2 Å². The molecule has 1 saturated heterocycles. The number of carbonyl (C=O) groups excluding carboxylic acids is 1. The molecule has 12 heteroatoms. The van der Waals surface area contributed by atoms with Crippen molar-refractivity contribution in [2.45, 2.75) is 55.3 Å². The Labute approximate surface area is 204 Å². The molecule has 4 aliphatic heterocycles. The maximum atomic E-state index is 13.5. The van der Waals surface area contributed by atoms with Gasteiger partial charge < -0.3 is 30.9 Å². The molecule has 5 rings (SSSR count). The van der Waals surface area contributed by atoms with Crippen molar-refractivity contribution in [1.29, 1.82) is 0 Å². The number of likely N-dealkylation sites (N-methyl/N-ethyl adjacent to an activating group) is 1. The van der Waals surface area contributed by atoms with E-state index < -0.39 is 35.5 Å². The second-order valence-corrected chi connectivity index (χ2v) is 10.8. The molecule has 1 aromatic carbocycles. The van der Waals surface area contributed by atoms with Gasteiger partial charge in [0.2, 0.25) is 5.79 Å². The number of nitrogens with two attached hydrogens (primary N) is 2. The third kappa shape index (κ3) is 3.34. The van der Waals surface area contributed by atoms with Gasteiger partial charge in [-0.1, -0.05) is 26.0 Å². The number of guanidine groups is 2. The minimum atomic E-state index is -2.44. The molecule has 1 aromatic rings. The van der Waals surface area contributed by atoms with Gasteiger partial charge in [0.25, 0.3) is 11.6 Å². The molecule has 0 radical (unpaired) electrons. The number of hydrogen-bond acceptors (Lipinski definition) is 10. The van der Waals surface area contributed by atoms with Crippen LogP contribution < -0.4 is 31.8 Å². The molecule has 1 amide bonds. The van der Waals surface area contributed by atoms with Crippen molar-refractivity contribution in [2.24, 2.45) is 16.5 Å². The normalized spacial score (nSPS) is 32.0. The second-order valence-electron chi connectivity index (χ2n) is 10.8. The Kier molecular flexibility index (Phi) is 5.20. The Morgan fingerprint density at radius 1 is 1.37 bits per heavy atom. The van der Waals surface area contributed by atoms with Crippen LogP contribution in [0.5, 0.6) is 5.75 Å². The molecule has 0 aromatic heterocycles. The monoisotopic (exact) mass is 487 g/mol. The number of amides is 1. The van der Waals surface area contributed by atoms with E-state index in [1.165, 1.54) is 0 Å². The van der Waals surface area contributed by atoms with Gasteiger partial charge in [-0.15, -0.1) is 0 Å². The summed E-state index contributed by atoms with van der Waals surface area (Å²) >= 11 is 0. The lowest BCUT2D eigenvalue weighted by atomic mass is 9.79. The first-order valence-electron chi connectivity index (χ1n) is 11.8. The van der Waals surface area contributed by atoms with Crippen LogP contribution in [-0.2, 0) is 5.41 Å². The summed E-state index contributed by atoms with van der Waals surface area (Å²) in [6, 6.07) is 3.33. The van der Waals surface area contributed by atoms with Gasteiger partial charge in [0.15, 0.2) is 12.0 Å². The van der Waals surface area contributed by atoms with Gasteiger partial charge in [-0.25, -0.2) is 10.3 Å². The Hall–Kier alpha value is -3.09. The maximum absolute atomic E-state index is 13.5. The topological polar surface area (TPSA) is 176 Å². The van der Waals surface area contributed by atoms with E-state index >= 15 is 0 Å². The molecule has 4 atom stereocenters. The molecule has 12 nitrogen and oxygen atoms in total. The predicted octanol–water partition coefficient (Wildman–Crippen LogP) is -3.84. The highest BCUT2D eigenvalue weighted by Gasteiger charge is 2.76. The molecule has 0 saturated carbocycles. The Morgan fingerprint density at radius 3 is 2.83 bits per heavy atom. The number of nitrogens with zero attached hydrogens (tertiary/aromatic N) is 3. The van der Waals surface area contributed by atoms with Gasteiger partial charge >= 0.3 is 5.96 Å². The van der Waals surface area contributed by atoms with Gasteiger partial charge in [-0.2, -0.15) is 0 Å². The van der Waals surface area contributed by atoms with Gasteiger partial charge in [-0.3, -0.25) is 20.4 Å². The van der Waals surface area contributed by atoms with Crippen molar-refractivity contribution in [3.8, 4) is 5.75 Å². The molecule has 1 fully saturated rings. The number of para-hydroxylation sites is 1. The summed E-state index contributed by atoms with van der Waals surface area (Å²) < 4.78 is 5.89. The SMILES string of the molecule is CN(C)C[C@@H]1N=C(N)N2C[C@H](NC(=O)c3cccc4c3OCCC4(C)C)C(O)(O)[C@@]23NC(N)=[NH+][C@@H]13. The van der Waals surface area contributed by atoms with Crippen LogP contribution in [0.1, 0.15) is 36.2 Å². The smallest absolute Gasteiger partial charge is 0.343 e. The van der Waals surface area contributed by atoms with Crippen LogP contribution >= 0.6 is 0 Å². The van der Waals surface area contributed by atoms with Crippen molar-refractivity contribution in [3.05, 3.63) is 29.3 Å². The van der Waals surface area contributed by atoms with Crippen molar-refractivity contribution >= 4 is 17.8 Å². The first-order valence-corrected chi connectivity index (χ1v) is 11.8. The Balaban J connectivity index is 1.48. The Morgan fingerprint density at radius 2 is 2.11 bits per heavy atom. The molecular weight excluding hydrogens is 452 g/mol. The summed E-state index contributed by atoms with van der Waals surface area (Å²) in [4.78, 5) is 24.7. The highest BCUT2D eigenvalue weighted by Crippen LogP contribution is 2.43. The third-order valence-electron chi connectivity index (χ3n) is 7.70. The van der Waals surface area contributed by atoms with Gasteiger partial charge in [-0.05, 0) is 32.0 Å². The number of benzene rings is 1. The molecule has 4 aliphatic rings. The van der Waals surface area contributed by atoms with Crippen LogP contribution in [-0.4, -0.2) is 101 Å². The fraction of sp³-hybridized carbons (Fsp3) is 0.609. The highest BCUT2D eigenvalue weighted by atomic mass is 16.5. The largest absolute Gasteiger partial charge is 0.492 e. The van der Waals surface area contributed by atoms with E-state index in [0.717, 1.165) is 12.0 Å². The molecule has 0 aliphatic carbocycles. The average Bonchev–Trinajstić information content (AvgIpc) is 3.23. The van der Waals surface area contributed by atoms with E-state index in [1.807, 2.05) is 31.1 Å². The second kappa shape index (κ2) is 7.70. The zero-order valence-electron chi connectivity index (χ0n) is 20.5. The molecular formula is C23H35N8O4+. The number of aliphatic imine (C=N–C) groups is 1. The van der Waals surface area contributed by atoms with Crippen LogP contribution in [0.25, 0.3) is 0 Å². The molecule has 0 unspecified atom stereocenters. The highest BCUT2D eigenvalue weighted by molar-refractivity contribution is 5.98. The molecule has 1 spiro atoms. The first kappa shape index (κ1) is 23.6.